The van der Waals surface area contributed by atoms with E-state index in [-0.39, 0.29) is 0 Å². The standard InChI is InChI=1S/C52H42N8O2/c1-55(2)45-19-5-7-21-47(45)59-35-57(49-23-9-11-25-51(49)59)37-15-13-17-39(31-37)61-41-27-29-53-43(33-41)44-34-42(28-30-54-44)62-40-18-14-16-38(32-40)58-36-60(52-26-12-10-24-50(52)58)48-22-8-6-20-46(48)56(3)4/h5-34H,1-4H3. The molecule has 0 amide bonds. The number of para-hydroxylation sites is 8. The van der Waals surface area contributed by atoms with Crippen LogP contribution >= 0.6 is 0 Å². The smallest absolute Gasteiger partial charge is 0.269 e. The summed E-state index contributed by atoms with van der Waals surface area (Å²) in [6.45, 7) is 0. The summed E-state index contributed by atoms with van der Waals surface area (Å²) in [7, 11) is 8.21. The van der Waals surface area contributed by atoms with Crippen molar-refractivity contribution in [3.63, 3.8) is 0 Å². The van der Waals surface area contributed by atoms with Crippen molar-refractivity contribution in [2.75, 3.05) is 38.0 Å². The minimum atomic E-state index is 0.630. The fourth-order valence-corrected chi connectivity index (χ4v) is 7.80. The molecule has 0 aliphatic rings. The highest BCUT2D eigenvalue weighted by molar-refractivity contribution is 5.78. The van der Waals surface area contributed by atoms with Gasteiger partial charge in [0.1, 0.15) is 23.0 Å². The molecule has 62 heavy (non-hydrogen) atoms. The molecule has 4 heterocycles. The van der Waals surface area contributed by atoms with Gasteiger partial charge in [-0.25, -0.2) is 0 Å². The van der Waals surface area contributed by atoms with Gasteiger partial charge < -0.3 is 19.3 Å². The minimum Gasteiger partial charge on any atom is -0.458 e. The van der Waals surface area contributed by atoms with E-state index in [0.717, 1.165) is 56.2 Å². The predicted octanol–water partition coefficient (Wildman–Crippen LogP) is 9.90. The number of fused-ring (bicyclic) bond motifs is 2. The number of ether oxygens (including phenoxy) is 2. The minimum absolute atomic E-state index is 0.630. The SMILES string of the molecule is CN(C)c1ccccc1-n1[c-][n+](-c2cccc(Oc3ccnc(-c4cc(Oc5cccc(-[n+]6[c-]n(-c7ccccc7N(C)C)c7ccccc76)c5)ccn4)c3)c2)c2ccccc21. The van der Waals surface area contributed by atoms with Gasteiger partial charge in [0, 0.05) is 64.1 Å². The van der Waals surface area contributed by atoms with Crippen molar-refractivity contribution in [3.8, 4) is 57.1 Å². The average molecular weight is 811 g/mol. The van der Waals surface area contributed by atoms with Gasteiger partial charge in [-0.15, -0.1) is 0 Å². The van der Waals surface area contributed by atoms with Crippen LogP contribution in [0.5, 0.6) is 23.0 Å². The van der Waals surface area contributed by atoms with Gasteiger partial charge >= 0.3 is 0 Å². The lowest BCUT2D eigenvalue weighted by Gasteiger charge is -2.17. The monoisotopic (exact) mass is 810 g/mol. The molecule has 0 saturated carbocycles. The van der Waals surface area contributed by atoms with Crippen LogP contribution in [0.15, 0.2) is 182 Å². The molecule has 0 unspecified atom stereocenters. The molecular formula is C52H42N8O2. The lowest BCUT2D eigenvalue weighted by atomic mass is 10.2. The van der Waals surface area contributed by atoms with E-state index >= 15 is 0 Å². The summed E-state index contributed by atoms with van der Waals surface area (Å²) in [6.07, 6.45) is 10.7. The predicted molar refractivity (Wildman–Crippen MR) is 244 cm³/mol. The van der Waals surface area contributed by atoms with Gasteiger partial charge in [0.2, 0.25) is 0 Å². The first-order chi connectivity index (χ1) is 30.4. The molecule has 10 nitrogen and oxygen atoms in total. The van der Waals surface area contributed by atoms with Crippen LogP contribution < -0.4 is 28.4 Å². The molecule has 10 heteroatoms. The summed E-state index contributed by atoms with van der Waals surface area (Å²) < 4.78 is 21.3. The number of rotatable bonds is 11. The number of aromatic nitrogens is 6. The van der Waals surface area contributed by atoms with Crippen LogP contribution in [0.2, 0.25) is 0 Å². The van der Waals surface area contributed by atoms with Crippen molar-refractivity contribution >= 4 is 33.4 Å². The Kier molecular flexibility index (Phi) is 9.85. The number of benzene rings is 6. The molecule has 4 aromatic heterocycles. The number of nitrogens with zero attached hydrogens (tertiary/aromatic N) is 8. The maximum atomic E-state index is 6.47. The Morgan fingerprint density at radius 1 is 0.435 bits per heavy atom. The third kappa shape index (κ3) is 7.24. The van der Waals surface area contributed by atoms with Gasteiger partial charge in [0.25, 0.3) is 12.7 Å². The molecule has 10 aromatic rings. The average Bonchev–Trinajstić information content (AvgIpc) is 3.89. The van der Waals surface area contributed by atoms with E-state index in [2.05, 4.69) is 176 Å². The third-order valence-electron chi connectivity index (χ3n) is 10.7. The van der Waals surface area contributed by atoms with Gasteiger partial charge in [0.05, 0.1) is 56.2 Å². The zero-order valence-electron chi connectivity index (χ0n) is 34.7. The first-order valence-corrected chi connectivity index (χ1v) is 20.3. The molecule has 0 bridgehead atoms. The Balaban J connectivity index is 0.905. The molecule has 6 aromatic carbocycles. The maximum Gasteiger partial charge on any atom is 0.269 e. The van der Waals surface area contributed by atoms with Crippen LogP contribution in [0.4, 0.5) is 11.4 Å². The summed E-state index contributed by atoms with van der Waals surface area (Å²) >= 11 is 0. The van der Waals surface area contributed by atoms with E-state index in [0.29, 0.717) is 34.4 Å². The molecule has 0 atom stereocenters. The quantitative estimate of drug-likeness (QED) is 0.0958. The maximum absolute atomic E-state index is 6.47. The van der Waals surface area contributed by atoms with E-state index in [1.807, 2.05) is 72.8 Å². The van der Waals surface area contributed by atoms with Crippen molar-refractivity contribution in [1.82, 2.24) is 19.1 Å². The summed E-state index contributed by atoms with van der Waals surface area (Å²) in [5.74, 6) is 2.61. The normalized spacial score (nSPS) is 11.2. The van der Waals surface area contributed by atoms with Crippen LogP contribution in [0.3, 0.4) is 0 Å². The van der Waals surface area contributed by atoms with Gasteiger partial charge in [-0.1, -0.05) is 84.9 Å². The fourth-order valence-electron chi connectivity index (χ4n) is 7.80. The van der Waals surface area contributed by atoms with E-state index in [1.54, 1.807) is 12.4 Å². The molecule has 0 N–H and O–H groups in total. The highest BCUT2D eigenvalue weighted by Gasteiger charge is 2.18. The van der Waals surface area contributed by atoms with Crippen LogP contribution in [0.1, 0.15) is 0 Å². The lowest BCUT2D eigenvalue weighted by Crippen LogP contribution is -2.29. The van der Waals surface area contributed by atoms with E-state index in [4.69, 9.17) is 9.47 Å². The summed E-state index contributed by atoms with van der Waals surface area (Å²) in [5, 5.41) is 0. The second-order valence-corrected chi connectivity index (χ2v) is 15.2. The van der Waals surface area contributed by atoms with Crippen molar-refractivity contribution in [2.45, 2.75) is 0 Å². The Bertz CT molecular complexity index is 3020. The van der Waals surface area contributed by atoms with Gasteiger partial charge in [-0.3, -0.25) is 28.2 Å². The number of anilines is 2. The number of pyridine rings is 2. The van der Waals surface area contributed by atoms with Crippen LogP contribution in [-0.4, -0.2) is 47.3 Å². The molecule has 302 valence electrons. The van der Waals surface area contributed by atoms with Crippen LogP contribution in [-0.2, 0) is 0 Å². The molecule has 0 spiro atoms. The summed E-state index contributed by atoms with van der Waals surface area (Å²) in [6, 6.07) is 56.8. The number of imidazole rings is 2. The summed E-state index contributed by atoms with van der Waals surface area (Å²) in [4.78, 5) is 13.5. The Hall–Kier alpha value is -8.24. The molecular weight excluding hydrogens is 769 g/mol. The van der Waals surface area contributed by atoms with E-state index in [1.165, 1.54) is 0 Å². The van der Waals surface area contributed by atoms with Crippen molar-refractivity contribution < 1.29 is 18.6 Å². The highest BCUT2D eigenvalue weighted by Crippen LogP contribution is 2.32. The number of hydrogen-bond donors (Lipinski definition) is 0. The zero-order chi connectivity index (χ0) is 42.2. The van der Waals surface area contributed by atoms with Crippen LogP contribution in [0.25, 0.3) is 56.2 Å². The largest absolute Gasteiger partial charge is 0.458 e. The lowest BCUT2D eigenvalue weighted by molar-refractivity contribution is -0.572. The van der Waals surface area contributed by atoms with Gasteiger partial charge in [0.15, 0.2) is 0 Å². The fraction of sp³-hybridized carbons (Fsp3) is 0.0769. The van der Waals surface area contributed by atoms with Crippen molar-refractivity contribution in [2.24, 2.45) is 0 Å². The zero-order valence-corrected chi connectivity index (χ0v) is 34.7. The molecule has 0 aliphatic heterocycles. The topological polar surface area (TPSA) is 68.3 Å². The third-order valence-corrected chi connectivity index (χ3v) is 10.7. The molecule has 0 radical (unpaired) electrons. The number of hydrogen-bond acceptors (Lipinski definition) is 6. The second kappa shape index (κ2) is 16.1. The summed E-state index contributed by atoms with van der Waals surface area (Å²) in [5.41, 5.74) is 11.6. The Morgan fingerprint density at radius 2 is 0.839 bits per heavy atom. The molecule has 0 aliphatic carbocycles. The highest BCUT2D eigenvalue weighted by atomic mass is 16.5. The first-order valence-electron chi connectivity index (χ1n) is 20.3. The van der Waals surface area contributed by atoms with Gasteiger partial charge in [-0.2, -0.15) is 0 Å². The first kappa shape index (κ1) is 38.0. The van der Waals surface area contributed by atoms with Crippen molar-refractivity contribution in [1.29, 1.82) is 0 Å². The van der Waals surface area contributed by atoms with Gasteiger partial charge in [-0.05, 0) is 72.8 Å². The Morgan fingerprint density at radius 3 is 1.29 bits per heavy atom. The second-order valence-electron chi connectivity index (χ2n) is 15.2. The Labute approximate surface area is 360 Å². The van der Waals surface area contributed by atoms with Crippen molar-refractivity contribution in [3.05, 3.63) is 195 Å². The molecule has 0 fully saturated rings. The molecule has 0 saturated heterocycles. The van der Waals surface area contributed by atoms with Crippen LogP contribution in [0, 0.1) is 12.7 Å². The van der Waals surface area contributed by atoms with E-state index in [9.17, 15) is 0 Å². The molecule has 10 rings (SSSR count). The van der Waals surface area contributed by atoms with E-state index < -0.39 is 0 Å².